The molecule has 1 saturated carbocycles. The fourth-order valence-corrected chi connectivity index (χ4v) is 2.94. The minimum absolute atomic E-state index is 0.0718. The molecule has 3 unspecified atom stereocenters. The molecule has 1 rings (SSSR count). The number of amides is 2. The molecule has 4 heteroatoms. The zero-order valence-corrected chi connectivity index (χ0v) is 12.8. The molecule has 0 saturated heterocycles. The quantitative estimate of drug-likeness (QED) is 0.719. The van der Waals surface area contributed by atoms with Crippen LogP contribution in [0.15, 0.2) is 0 Å². The Bertz CT molecular complexity index is 290. The number of aliphatic hydroxyl groups excluding tert-OH is 1. The third kappa shape index (κ3) is 6.28. The van der Waals surface area contributed by atoms with E-state index in [4.69, 9.17) is 0 Å². The maximum atomic E-state index is 11.9. The van der Waals surface area contributed by atoms with Gasteiger partial charge in [-0.15, -0.1) is 0 Å². The highest BCUT2D eigenvalue weighted by Gasteiger charge is 2.24. The molecule has 2 amide bonds. The number of aliphatic hydroxyl groups is 1. The first-order chi connectivity index (χ1) is 8.80. The van der Waals surface area contributed by atoms with Crippen LogP contribution < -0.4 is 10.6 Å². The standard InChI is InChI=1S/C15H30N2O2/c1-11-7-5-6-8-13(11)17-14(19)16-10-15(3,4)9-12(2)18/h11-13,18H,5-10H2,1-4H3,(H2,16,17,19). The van der Waals surface area contributed by atoms with Gasteiger partial charge in [0, 0.05) is 12.6 Å². The second-order valence-corrected chi connectivity index (χ2v) is 6.91. The molecule has 0 heterocycles. The van der Waals surface area contributed by atoms with E-state index in [0.29, 0.717) is 24.9 Å². The van der Waals surface area contributed by atoms with Gasteiger partial charge in [-0.3, -0.25) is 0 Å². The van der Waals surface area contributed by atoms with E-state index in [9.17, 15) is 9.90 Å². The van der Waals surface area contributed by atoms with Crippen LogP contribution in [0.4, 0.5) is 4.79 Å². The lowest BCUT2D eigenvalue weighted by molar-refractivity contribution is 0.128. The van der Waals surface area contributed by atoms with Crippen LogP contribution in [0.5, 0.6) is 0 Å². The van der Waals surface area contributed by atoms with Crippen molar-refractivity contribution in [2.75, 3.05) is 6.54 Å². The van der Waals surface area contributed by atoms with Crippen molar-refractivity contribution >= 4 is 6.03 Å². The molecule has 1 aliphatic rings. The highest BCUT2D eigenvalue weighted by molar-refractivity contribution is 5.74. The zero-order chi connectivity index (χ0) is 14.5. The molecule has 0 aromatic rings. The fourth-order valence-electron chi connectivity index (χ4n) is 2.94. The molecule has 3 N–H and O–H groups in total. The maximum absolute atomic E-state index is 11.9. The number of nitrogens with one attached hydrogen (secondary N) is 2. The molecule has 19 heavy (non-hydrogen) atoms. The SMILES string of the molecule is CC(O)CC(C)(C)CNC(=O)NC1CCCCC1C. The van der Waals surface area contributed by atoms with Gasteiger partial charge in [-0.25, -0.2) is 4.79 Å². The summed E-state index contributed by atoms with van der Waals surface area (Å²) in [6.45, 7) is 8.70. The van der Waals surface area contributed by atoms with E-state index in [1.54, 1.807) is 6.92 Å². The van der Waals surface area contributed by atoms with Crippen LogP contribution in [0.1, 0.15) is 59.8 Å². The molecule has 0 radical (unpaired) electrons. The van der Waals surface area contributed by atoms with Crippen molar-refractivity contribution in [1.82, 2.24) is 10.6 Å². The molecular formula is C15H30N2O2. The molecule has 4 nitrogen and oxygen atoms in total. The summed E-state index contributed by atoms with van der Waals surface area (Å²) in [6, 6.07) is 0.242. The van der Waals surface area contributed by atoms with Crippen molar-refractivity contribution in [2.45, 2.75) is 71.9 Å². The summed E-state index contributed by atoms with van der Waals surface area (Å²) in [5.41, 5.74) is -0.0797. The molecule has 3 atom stereocenters. The Balaban J connectivity index is 2.31. The second-order valence-electron chi connectivity index (χ2n) is 6.91. The first-order valence-corrected chi connectivity index (χ1v) is 7.52. The Morgan fingerprint density at radius 3 is 2.58 bits per heavy atom. The van der Waals surface area contributed by atoms with Gasteiger partial charge in [0.1, 0.15) is 0 Å². The van der Waals surface area contributed by atoms with Crippen LogP contribution in [0, 0.1) is 11.3 Å². The molecule has 0 aliphatic heterocycles. The Morgan fingerprint density at radius 1 is 1.37 bits per heavy atom. The van der Waals surface area contributed by atoms with Gasteiger partial charge < -0.3 is 15.7 Å². The first-order valence-electron chi connectivity index (χ1n) is 7.52. The van der Waals surface area contributed by atoms with Gasteiger partial charge >= 0.3 is 6.03 Å². The third-order valence-corrected chi connectivity index (χ3v) is 4.00. The highest BCUT2D eigenvalue weighted by atomic mass is 16.3. The number of carbonyl (C=O) groups is 1. The van der Waals surface area contributed by atoms with E-state index in [-0.39, 0.29) is 17.6 Å². The fraction of sp³-hybridized carbons (Fsp3) is 0.933. The van der Waals surface area contributed by atoms with E-state index in [2.05, 4.69) is 31.4 Å². The van der Waals surface area contributed by atoms with E-state index in [1.165, 1.54) is 19.3 Å². The van der Waals surface area contributed by atoms with E-state index < -0.39 is 0 Å². The van der Waals surface area contributed by atoms with E-state index in [1.807, 2.05) is 0 Å². The van der Waals surface area contributed by atoms with Crippen LogP contribution in [0.3, 0.4) is 0 Å². The van der Waals surface area contributed by atoms with Crippen LogP contribution in [-0.4, -0.2) is 29.8 Å². The Hall–Kier alpha value is -0.770. The van der Waals surface area contributed by atoms with Gasteiger partial charge in [-0.2, -0.15) is 0 Å². The summed E-state index contributed by atoms with van der Waals surface area (Å²) in [4.78, 5) is 11.9. The predicted octanol–water partition coefficient (Wildman–Crippen LogP) is 2.66. The normalized spacial score (nSPS) is 25.7. The van der Waals surface area contributed by atoms with Crippen molar-refractivity contribution in [2.24, 2.45) is 11.3 Å². The van der Waals surface area contributed by atoms with Gasteiger partial charge in [0.15, 0.2) is 0 Å². The van der Waals surface area contributed by atoms with Gasteiger partial charge in [0.2, 0.25) is 0 Å². The van der Waals surface area contributed by atoms with Gasteiger partial charge in [0.25, 0.3) is 0 Å². The molecule has 0 bridgehead atoms. The lowest BCUT2D eigenvalue weighted by atomic mass is 9.86. The largest absolute Gasteiger partial charge is 0.393 e. The van der Waals surface area contributed by atoms with Crippen molar-refractivity contribution in [3.05, 3.63) is 0 Å². The minimum atomic E-state index is -0.335. The van der Waals surface area contributed by atoms with E-state index >= 15 is 0 Å². The summed E-state index contributed by atoms with van der Waals surface area (Å²) >= 11 is 0. The highest BCUT2D eigenvalue weighted by Crippen LogP contribution is 2.24. The molecule has 1 fully saturated rings. The number of hydrogen-bond acceptors (Lipinski definition) is 2. The van der Waals surface area contributed by atoms with Crippen molar-refractivity contribution in [1.29, 1.82) is 0 Å². The first kappa shape index (κ1) is 16.3. The average Bonchev–Trinajstić information content (AvgIpc) is 2.28. The molecule has 1 aliphatic carbocycles. The smallest absolute Gasteiger partial charge is 0.315 e. The van der Waals surface area contributed by atoms with Gasteiger partial charge in [-0.05, 0) is 37.5 Å². The summed E-state index contributed by atoms with van der Waals surface area (Å²) in [7, 11) is 0. The number of rotatable bonds is 5. The van der Waals surface area contributed by atoms with Gasteiger partial charge in [0.05, 0.1) is 6.10 Å². The zero-order valence-electron chi connectivity index (χ0n) is 12.8. The van der Waals surface area contributed by atoms with Crippen molar-refractivity contribution < 1.29 is 9.90 Å². The maximum Gasteiger partial charge on any atom is 0.315 e. The lowest BCUT2D eigenvalue weighted by Gasteiger charge is -2.31. The van der Waals surface area contributed by atoms with Crippen LogP contribution in [-0.2, 0) is 0 Å². The predicted molar refractivity (Wildman–Crippen MR) is 78.0 cm³/mol. The topological polar surface area (TPSA) is 61.4 Å². The Morgan fingerprint density at radius 2 is 2.00 bits per heavy atom. The van der Waals surface area contributed by atoms with Crippen LogP contribution in [0.25, 0.3) is 0 Å². The summed E-state index contributed by atoms with van der Waals surface area (Å²) in [6.07, 6.45) is 5.14. The number of hydrogen-bond donors (Lipinski definition) is 3. The van der Waals surface area contributed by atoms with Crippen LogP contribution in [0.2, 0.25) is 0 Å². The number of carbonyl (C=O) groups excluding carboxylic acids is 1. The average molecular weight is 270 g/mol. The molecular weight excluding hydrogens is 240 g/mol. The molecule has 112 valence electrons. The van der Waals surface area contributed by atoms with Crippen LogP contribution >= 0.6 is 0 Å². The monoisotopic (exact) mass is 270 g/mol. The summed E-state index contributed by atoms with van der Waals surface area (Å²) < 4.78 is 0. The van der Waals surface area contributed by atoms with Gasteiger partial charge in [-0.1, -0.05) is 33.6 Å². The molecule has 0 aromatic heterocycles. The third-order valence-electron chi connectivity index (χ3n) is 4.00. The summed E-state index contributed by atoms with van der Waals surface area (Å²) in [5, 5.41) is 15.4. The van der Waals surface area contributed by atoms with E-state index in [0.717, 1.165) is 6.42 Å². The second kappa shape index (κ2) is 7.13. The minimum Gasteiger partial charge on any atom is -0.393 e. The Kier molecular flexibility index (Phi) is 6.11. The molecule has 0 spiro atoms. The summed E-state index contributed by atoms with van der Waals surface area (Å²) in [5.74, 6) is 0.574. The van der Waals surface area contributed by atoms with Crippen molar-refractivity contribution in [3.63, 3.8) is 0 Å². The molecule has 0 aromatic carbocycles. The van der Waals surface area contributed by atoms with Crippen molar-refractivity contribution in [3.8, 4) is 0 Å². The Labute approximate surface area is 117 Å². The number of urea groups is 1. The lowest BCUT2D eigenvalue weighted by Crippen LogP contribution is -2.48.